The van der Waals surface area contributed by atoms with Crippen molar-refractivity contribution in [1.82, 2.24) is 10.2 Å². The van der Waals surface area contributed by atoms with Gasteiger partial charge in [0.2, 0.25) is 0 Å². The fraction of sp³-hybridized carbons (Fsp3) is 0.647. The Morgan fingerprint density at radius 1 is 1.29 bits per heavy atom. The summed E-state index contributed by atoms with van der Waals surface area (Å²) >= 11 is 12.3. The number of hydrogen-bond donors (Lipinski definition) is 1. The minimum atomic E-state index is 0.262. The largest absolute Gasteiger partial charge is 0.307 e. The molecular weight excluding hydrogens is 303 g/mol. The van der Waals surface area contributed by atoms with Gasteiger partial charge < -0.3 is 10.2 Å². The lowest BCUT2D eigenvalue weighted by atomic mass is 10.0. The summed E-state index contributed by atoms with van der Waals surface area (Å²) < 4.78 is 0. The second-order valence-corrected chi connectivity index (χ2v) is 6.87. The predicted molar refractivity (Wildman–Crippen MR) is 92.4 cm³/mol. The van der Waals surface area contributed by atoms with Gasteiger partial charge in [0.15, 0.2) is 0 Å². The van der Waals surface area contributed by atoms with Gasteiger partial charge in [-0.25, -0.2) is 0 Å². The van der Waals surface area contributed by atoms with Crippen molar-refractivity contribution in [2.75, 3.05) is 19.6 Å². The van der Waals surface area contributed by atoms with Gasteiger partial charge in [0.1, 0.15) is 0 Å². The zero-order valence-corrected chi connectivity index (χ0v) is 14.6. The molecule has 1 saturated heterocycles. The predicted octanol–water partition coefficient (Wildman–Crippen LogP) is 4.91. The standard InChI is InChI=1S/C17H26Cl2N2/c1-3-9-21-10-4-5-15(8-11-21)20-13(2)16-7-6-14(18)12-17(16)19/h6-7,12-13,15,20H,3-5,8-11H2,1-2H3. The molecule has 1 fully saturated rings. The number of rotatable bonds is 5. The summed E-state index contributed by atoms with van der Waals surface area (Å²) in [6.07, 6.45) is 4.99. The van der Waals surface area contributed by atoms with Gasteiger partial charge in [-0.3, -0.25) is 0 Å². The first-order valence-corrected chi connectivity index (χ1v) is 8.79. The van der Waals surface area contributed by atoms with Gasteiger partial charge in [-0.05, 0) is 69.9 Å². The minimum absolute atomic E-state index is 0.262. The first kappa shape index (κ1) is 17.1. The average Bonchev–Trinajstić information content (AvgIpc) is 2.65. The Hall–Kier alpha value is -0.280. The first-order valence-electron chi connectivity index (χ1n) is 8.03. The van der Waals surface area contributed by atoms with Crippen LogP contribution in [-0.4, -0.2) is 30.6 Å². The van der Waals surface area contributed by atoms with Crippen LogP contribution in [0.4, 0.5) is 0 Å². The fourth-order valence-corrected chi connectivity index (χ4v) is 3.73. The van der Waals surface area contributed by atoms with Crippen molar-refractivity contribution < 1.29 is 0 Å². The molecule has 4 heteroatoms. The fourth-order valence-electron chi connectivity index (χ4n) is 3.16. The van der Waals surface area contributed by atoms with Crippen LogP contribution in [0.1, 0.15) is 51.1 Å². The monoisotopic (exact) mass is 328 g/mol. The van der Waals surface area contributed by atoms with Crippen LogP contribution in [0.25, 0.3) is 0 Å². The molecular formula is C17H26Cl2N2. The maximum Gasteiger partial charge on any atom is 0.0468 e. The van der Waals surface area contributed by atoms with Crippen LogP contribution in [0.3, 0.4) is 0 Å². The Morgan fingerprint density at radius 3 is 2.81 bits per heavy atom. The lowest BCUT2D eigenvalue weighted by Gasteiger charge is -2.23. The molecule has 1 aliphatic rings. The summed E-state index contributed by atoms with van der Waals surface area (Å²) in [4.78, 5) is 2.58. The Balaban J connectivity index is 1.91. The number of benzene rings is 1. The quantitative estimate of drug-likeness (QED) is 0.826. The smallest absolute Gasteiger partial charge is 0.0468 e. The zero-order chi connectivity index (χ0) is 15.2. The highest BCUT2D eigenvalue weighted by Gasteiger charge is 2.19. The number of halogens is 2. The van der Waals surface area contributed by atoms with E-state index in [1.165, 1.54) is 45.3 Å². The summed E-state index contributed by atoms with van der Waals surface area (Å²) in [7, 11) is 0. The normalized spacial score (nSPS) is 22.0. The van der Waals surface area contributed by atoms with E-state index in [1.807, 2.05) is 18.2 Å². The Kier molecular flexibility index (Phi) is 6.81. The summed E-state index contributed by atoms with van der Waals surface area (Å²) in [5, 5.41) is 5.19. The molecule has 1 aliphatic heterocycles. The van der Waals surface area contributed by atoms with E-state index in [-0.39, 0.29) is 6.04 Å². The highest BCUT2D eigenvalue weighted by molar-refractivity contribution is 6.35. The second kappa shape index (κ2) is 8.38. The van der Waals surface area contributed by atoms with Crippen molar-refractivity contribution in [2.24, 2.45) is 0 Å². The molecule has 118 valence electrons. The summed E-state index contributed by atoms with van der Waals surface area (Å²) in [6.45, 7) is 8.11. The van der Waals surface area contributed by atoms with E-state index in [1.54, 1.807) is 0 Å². The molecule has 1 aromatic rings. The third-order valence-electron chi connectivity index (χ3n) is 4.28. The molecule has 0 radical (unpaired) electrons. The van der Waals surface area contributed by atoms with Crippen molar-refractivity contribution in [3.05, 3.63) is 33.8 Å². The lowest BCUT2D eigenvalue weighted by molar-refractivity contribution is 0.281. The first-order chi connectivity index (χ1) is 10.1. The third-order valence-corrected chi connectivity index (χ3v) is 4.84. The van der Waals surface area contributed by atoms with Crippen LogP contribution in [0.5, 0.6) is 0 Å². The Morgan fingerprint density at radius 2 is 2.10 bits per heavy atom. The van der Waals surface area contributed by atoms with Crippen LogP contribution in [-0.2, 0) is 0 Å². The molecule has 0 amide bonds. The molecule has 1 N–H and O–H groups in total. The molecule has 0 spiro atoms. The van der Waals surface area contributed by atoms with E-state index in [0.29, 0.717) is 11.1 Å². The van der Waals surface area contributed by atoms with E-state index < -0.39 is 0 Å². The van der Waals surface area contributed by atoms with Gasteiger partial charge in [-0.1, -0.05) is 36.2 Å². The third kappa shape index (κ3) is 5.14. The zero-order valence-electron chi connectivity index (χ0n) is 13.0. The van der Waals surface area contributed by atoms with Crippen molar-refractivity contribution >= 4 is 23.2 Å². The molecule has 0 saturated carbocycles. The minimum Gasteiger partial charge on any atom is -0.307 e. The Bertz CT molecular complexity index is 450. The van der Waals surface area contributed by atoms with Crippen LogP contribution in [0.15, 0.2) is 18.2 Å². The molecule has 2 unspecified atom stereocenters. The van der Waals surface area contributed by atoms with Gasteiger partial charge in [0.05, 0.1) is 0 Å². The Labute approximate surface area is 138 Å². The molecule has 1 heterocycles. The topological polar surface area (TPSA) is 15.3 Å². The van der Waals surface area contributed by atoms with Gasteiger partial charge in [0.25, 0.3) is 0 Å². The number of likely N-dealkylation sites (tertiary alicyclic amines) is 1. The molecule has 1 aromatic carbocycles. The highest BCUT2D eigenvalue weighted by atomic mass is 35.5. The summed E-state index contributed by atoms with van der Waals surface area (Å²) in [5.41, 5.74) is 1.13. The van der Waals surface area contributed by atoms with Gasteiger partial charge in [-0.15, -0.1) is 0 Å². The molecule has 2 nitrogen and oxygen atoms in total. The number of nitrogens with zero attached hydrogens (tertiary/aromatic N) is 1. The molecule has 2 atom stereocenters. The summed E-state index contributed by atoms with van der Waals surface area (Å²) in [5.74, 6) is 0. The van der Waals surface area contributed by atoms with Crippen LogP contribution >= 0.6 is 23.2 Å². The highest BCUT2D eigenvalue weighted by Crippen LogP contribution is 2.27. The van der Waals surface area contributed by atoms with E-state index in [0.717, 1.165) is 10.6 Å². The van der Waals surface area contributed by atoms with Crippen molar-refractivity contribution in [3.8, 4) is 0 Å². The van der Waals surface area contributed by atoms with Crippen LogP contribution < -0.4 is 5.32 Å². The molecule has 21 heavy (non-hydrogen) atoms. The number of hydrogen-bond acceptors (Lipinski definition) is 2. The second-order valence-electron chi connectivity index (χ2n) is 6.02. The molecule has 2 rings (SSSR count). The van der Waals surface area contributed by atoms with Crippen LogP contribution in [0.2, 0.25) is 10.0 Å². The number of nitrogens with one attached hydrogen (secondary N) is 1. The maximum absolute atomic E-state index is 6.31. The van der Waals surface area contributed by atoms with Crippen molar-refractivity contribution in [2.45, 2.75) is 51.6 Å². The molecule has 0 aliphatic carbocycles. The van der Waals surface area contributed by atoms with Crippen molar-refractivity contribution in [1.29, 1.82) is 0 Å². The van der Waals surface area contributed by atoms with Crippen molar-refractivity contribution in [3.63, 3.8) is 0 Å². The van der Waals surface area contributed by atoms with Gasteiger partial charge >= 0.3 is 0 Å². The summed E-state index contributed by atoms with van der Waals surface area (Å²) in [6, 6.07) is 6.61. The van der Waals surface area contributed by atoms with E-state index in [4.69, 9.17) is 23.2 Å². The van der Waals surface area contributed by atoms with Gasteiger partial charge in [0, 0.05) is 22.1 Å². The van der Waals surface area contributed by atoms with E-state index >= 15 is 0 Å². The van der Waals surface area contributed by atoms with Crippen LogP contribution in [0, 0.1) is 0 Å². The SMILES string of the molecule is CCCN1CCCC(NC(C)c2ccc(Cl)cc2Cl)CC1. The average molecular weight is 329 g/mol. The molecule has 0 aromatic heterocycles. The van der Waals surface area contributed by atoms with Gasteiger partial charge in [-0.2, -0.15) is 0 Å². The lowest BCUT2D eigenvalue weighted by Crippen LogP contribution is -2.33. The van der Waals surface area contributed by atoms with E-state index in [2.05, 4.69) is 24.1 Å². The molecule has 0 bridgehead atoms. The maximum atomic E-state index is 6.31. The van der Waals surface area contributed by atoms with E-state index in [9.17, 15) is 0 Å².